The Morgan fingerprint density at radius 1 is 1.06 bits per heavy atom. The molecule has 2 aromatic carbocycles. The smallest absolute Gasteiger partial charge is 0.115 e. The second kappa shape index (κ2) is 5.13. The molecule has 0 spiro atoms. The van der Waals surface area contributed by atoms with Gasteiger partial charge in [0, 0.05) is 19.3 Å². The van der Waals surface area contributed by atoms with Gasteiger partial charge in [0.25, 0.3) is 0 Å². The standard InChI is InChI=1S/C16H19NO/c1-12-7-8-16(13(2)9-12)17(3)11-14-5-4-6-15(18)10-14/h4-10,18H,11H2,1-3H3. The lowest BCUT2D eigenvalue weighted by atomic mass is 10.1. The highest BCUT2D eigenvalue weighted by Gasteiger charge is 2.05. The van der Waals surface area contributed by atoms with Crippen LogP contribution >= 0.6 is 0 Å². The predicted molar refractivity (Wildman–Crippen MR) is 76.1 cm³/mol. The van der Waals surface area contributed by atoms with Crippen molar-refractivity contribution >= 4 is 5.69 Å². The topological polar surface area (TPSA) is 23.5 Å². The van der Waals surface area contributed by atoms with Crippen molar-refractivity contribution in [3.8, 4) is 5.75 Å². The molecule has 2 nitrogen and oxygen atoms in total. The Labute approximate surface area is 109 Å². The molecule has 0 aliphatic rings. The molecular formula is C16H19NO. The molecule has 0 bridgehead atoms. The molecule has 2 aromatic rings. The van der Waals surface area contributed by atoms with E-state index in [1.165, 1.54) is 16.8 Å². The van der Waals surface area contributed by atoms with Gasteiger partial charge in [0.05, 0.1) is 0 Å². The molecule has 0 saturated carbocycles. The first-order valence-electron chi connectivity index (χ1n) is 6.12. The highest BCUT2D eigenvalue weighted by atomic mass is 16.3. The van der Waals surface area contributed by atoms with E-state index in [0.29, 0.717) is 5.75 Å². The lowest BCUT2D eigenvalue weighted by Crippen LogP contribution is -2.17. The molecule has 94 valence electrons. The third kappa shape index (κ3) is 2.83. The first kappa shape index (κ1) is 12.5. The molecule has 0 aliphatic heterocycles. The summed E-state index contributed by atoms with van der Waals surface area (Å²) in [6.07, 6.45) is 0. The highest BCUT2D eigenvalue weighted by molar-refractivity contribution is 5.54. The number of phenolic OH excluding ortho intramolecular Hbond substituents is 1. The van der Waals surface area contributed by atoms with Crippen molar-refractivity contribution in [2.24, 2.45) is 0 Å². The molecule has 1 N–H and O–H groups in total. The van der Waals surface area contributed by atoms with Crippen LogP contribution in [0.2, 0.25) is 0 Å². The predicted octanol–water partition coefficient (Wildman–Crippen LogP) is 3.65. The molecule has 0 fully saturated rings. The Kier molecular flexibility index (Phi) is 3.56. The van der Waals surface area contributed by atoms with Gasteiger partial charge in [-0.1, -0.05) is 29.8 Å². The normalized spacial score (nSPS) is 10.4. The lowest BCUT2D eigenvalue weighted by Gasteiger charge is -2.22. The number of rotatable bonds is 3. The molecule has 0 aromatic heterocycles. The fraction of sp³-hybridized carbons (Fsp3) is 0.250. The summed E-state index contributed by atoms with van der Waals surface area (Å²) >= 11 is 0. The van der Waals surface area contributed by atoms with Crippen LogP contribution in [0.3, 0.4) is 0 Å². The van der Waals surface area contributed by atoms with E-state index in [9.17, 15) is 5.11 Å². The van der Waals surface area contributed by atoms with Gasteiger partial charge in [0.15, 0.2) is 0 Å². The maximum absolute atomic E-state index is 9.47. The zero-order chi connectivity index (χ0) is 13.1. The Balaban J connectivity index is 2.19. The number of aryl methyl sites for hydroxylation is 2. The van der Waals surface area contributed by atoms with Gasteiger partial charge < -0.3 is 10.0 Å². The van der Waals surface area contributed by atoms with Gasteiger partial charge in [-0.3, -0.25) is 0 Å². The molecule has 0 aliphatic carbocycles. The van der Waals surface area contributed by atoms with Gasteiger partial charge in [0.1, 0.15) is 5.75 Å². The van der Waals surface area contributed by atoms with Crippen LogP contribution in [-0.2, 0) is 6.54 Å². The third-order valence-corrected chi connectivity index (χ3v) is 3.09. The first-order valence-corrected chi connectivity index (χ1v) is 6.12. The van der Waals surface area contributed by atoms with Gasteiger partial charge in [-0.2, -0.15) is 0 Å². The molecule has 2 heteroatoms. The van der Waals surface area contributed by atoms with Gasteiger partial charge in [-0.05, 0) is 43.2 Å². The maximum Gasteiger partial charge on any atom is 0.115 e. The zero-order valence-electron chi connectivity index (χ0n) is 11.1. The first-order chi connectivity index (χ1) is 8.56. The van der Waals surface area contributed by atoms with Crippen molar-refractivity contribution in [2.75, 3.05) is 11.9 Å². The number of benzene rings is 2. The van der Waals surface area contributed by atoms with Crippen molar-refractivity contribution < 1.29 is 5.11 Å². The minimum absolute atomic E-state index is 0.321. The number of phenols is 1. The monoisotopic (exact) mass is 241 g/mol. The van der Waals surface area contributed by atoms with Crippen molar-refractivity contribution in [1.82, 2.24) is 0 Å². The van der Waals surface area contributed by atoms with Gasteiger partial charge in [0.2, 0.25) is 0 Å². The SMILES string of the molecule is Cc1ccc(N(C)Cc2cccc(O)c2)c(C)c1. The lowest BCUT2D eigenvalue weighted by molar-refractivity contribution is 0.474. The fourth-order valence-electron chi connectivity index (χ4n) is 2.25. The van der Waals surface area contributed by atoms with Crippen LogP contribution in [0.25, 0.3) is 0 Å². The number of aromatic hydroxyl groups is 1. The van der Waals surface area contributed by atoms with Crippen molar-refractivity contribution in [2.45, 2.75) is 20.4 Å². The Hall–Kier alpha value is -1.96. The largest absolute Gasteiger partial charge is 0.508 e. The molecule has 0 atom stereocenters. The molecule has 0 amide bonds. The Bertz CT molecular complexity index is 549. The number of hydrogen-bond acceptors (Lipinski definition) is 2. The van der Waals surface area contributed by atoms with Gasteiger partial charge >= 0.3 is 0 Å². The Morgan fingerprint density at radius 3 is 2.50 bits per heavy atom. The maximum atomic E-state index is 9.47. The van der Waals surface area contributed by atoms with E-state index in [4.69, 9.17) is 0 Å². The van der Waals surface area contributed by atoms with Crippen LogP contribution in [-0.4, -0.2) is 12.2 Å². The van der Waals surface area contributed by atoms with Gasteiger partial charge in [-0.25, -0.2) is 0 Å². The van der Waals surface area contributed by atoms with Crippen LogP contribution in [0.5, 0.6) is 5.75 Å². The molecule has 0 unspecified atom stereocenters. The summed E-state index contributed by atoms with van der Waals surface area (Å²) in [5.74, 6) is 0.321. The summed E-state index contributed by atoms with van der Waals surface area (Å²) in [6.45, 7) is 5.02. The second-order valence-corrected chi connectivity index (χ2v) is 4.82. The second-order valence-electron chi connectivity index (χ2n) is 4.82. The summed E-state index contributed by atoms with van der Waals surface area (Å²) in [4.78, 5) is 2.20. The minimum atomic E-state index is 0.321. The van der Waals surface area contributed by atoms with E-state index in [0.717, 1.165) is 12.1 Å². The molecule has 0 radical (unpaired) electrons. The summed E-state index contributed by atoms with van der Waals surface area (Å²) < 4.78 is 0. The van der Waals surface area contributed by atoms with Crippen molar-refractivity contribution in [3.05, 3.63) is 59.2 Å². The van der Waals surface area contributed by atoms with E-state index in [1.54, 1.807) is 12.1 Å². The van der Waals surface area contributed by atoms with Crippen LogP contribution in [0.4, 0.5) is 5.69 Å². The number of nitrogens with zero attached hydrogens (tertiary/aromatic N) is 1. The molecule has 0 heterocycles. The quantitative estimate of drug-likeness (QED) is 0.886. The van der Waals surface area contributed by atoms with E-state index >= 15 is 0 Å². The Morgan fingerprint density at radius 2 is 1.83 bits per heavy atom. The number of anilines is 1. The van der Waals surface area contributed by atoms with Crippen molar-refractivity contribution in [3.63, 3.8) is 0 Å². The van der Waals surface area contributed by atoms with E-state index in [1.807, 2.05) is 12.1 Å². The summed E-state index contributed by atoms with van der Waals surface area (Å²) in [7, 11) is 2.07. The van der Waals surface area contributed by atoms with Crippen LogP contribution in [0.15, 0.2) is 42.5 Å². The molecule has 2 rings (SSSR count). The van der Waals surface area contributed by atoms with Gasteiger partial charge in [-0.15, -0.1) is 0 Å². The average molecular weight is 241 g/mol. The van der Waals surface area contributed by atoms with Crippen LogP contribution in [0.1, 0.15) is 16.7 Å². The fourth-order valence-corrected chi connectivity index (χ4v) is 2.25. The molecular weight excluding hydrogens is 222 g/mol. The number of hydrogen-bond donors (Lipinski definition) is 1. The van der Waals surface area contributed by atoms with Crippen LogP contribution < -0.4 is 4.90 Å². The minimum Gasteiger partial charge on any atom is -0.508 e. The third-order valence-electron chi connectivity index (χ3n) is 3.09. The van der Waals surface area contributed by atoms with E-state index < -0.39 is 0 Å². The molecule has 0 saturated heterocycles. The molecule has 18 heavy (non-hydrogen) atoms. The summed E-state index contributed by atoms with van der Waals surface area (Å²) in [5.41, 5.74) is 4.89. The average Bonchev–Trinajstić information content (AvgIpc) is 2.28. The zero-order valence-corrected chi connectivity index (χ0v) is 11.1. The highest BCUT2D eigenvalue weighted by Crippen LogP contribution is 2.22. The van der Waals surface area contributed by atoms with E-state index in [2.05, 4.69) is 44.0 Å². The van der Waals surface area contributed by atoms with Crippen LogP contribution in [0, 0.1) is 13.8 Å². The van der Waals surface area contributed by atoms with E-state index in [-0.39, 0.29) is 0 Å². The van der Waals surface area contributed by atoms with Crippen molar-refractivity contribution in [1.29, 1.82) is 0 Å². The summed E-state index contributed by atoms with van der Waals surface area (Å²) in [5, 5.41) is 9.47. The summed E-state index contributed by atoms with van der Waals surface area (Å²) in [6, 6.07) is 13.9.